The maximum atomic E-state index is 11.5. The van der Waals surface area contributed by atoms with Gasteiger partial charge >= 0.3 is 5.97 Å². The molecule has 6 heteroatoms. The van der Waals surface area contributed by atoms with E-state index in [1.54, 1.807) is 6.07 Å². The molecule has 2 heterocycles. The predicted molar refractivity (Wildman–Crippen MR) is 64.1 cm³/mol. The highest BCUT2D eigenvalue weighted by Gasteiger charge is 2.20. The fourth-order valence-electron chi connectivity index (χ4n) is 1.85. The molecule has 1 saturated heterocycles. The maximum absolute atomic E-state index is 11.5. The Morgan fingerprint density at radius 2 is 2.39 bits per heavy atom. The third kappa shape index (κ3) is 3.04. The first-order valence-electron chi connectivity index (χ1n) is 5.86. The van der Waals surface area contributed by atoms with Crippen LogP contribution in [0, 0.1) is 0 Å². The highest BCUT2D eigenvalue weighted by molar-refractivity contribution is 5.87. The van der Waals surface area contributed by atoms with E-state index in [2.05, 4.69) is 15.6 Å². The number of amides is 1. The van der Waals surface area contributed by atoms with E-state index >= 15 is 0 Å². The summed E-state index contributed by atoms with van der Waals surface area (Å²) in [5, 5.41) is 14.6. The molecule has 0 aromatic carbocycles. The minimum Gasteiger partial charge on any atom is -0.478 e. The quantitative estimate of drug-likeness (QED) is 0.706. The first-order chi connectivity index (χ1) is 8.66. The van der Waals surface area contributed by atoms with Crippen molar-refractivity contribution in [2.24, 2.45) is 0 Å². The van der Waals surface area contributed by atoms with E-state index in [4.69, 9.17) is 5.11 Å². The molecule has 1 aliphatic rings. The third-order valence-corrected chi connectivity index (χ3v) is 2.89. The molecule has 1 fully saturated rings. The number of nitrogens with one attached hydrogen (secondary N) is 2. The van der Waals surface area contributed by atoms with Gasteiger partial charge in [0.1, 0.15) is 0 Å². The number of hydrogen-bond donors (Lipinski definition) is 3. The van der Waals surface area contributed by atoms with Gasteiger partial charge in [-0.2, -0.15) is 0 Å². The molecule has 2 rings (SSSR count). The molecule has 6 nitrogen and oxygen atoms in total. The van der Waals surface area contributed by atoms with Crippen LogP contribution in [0.1, 0.15) is 28.9 Å². The van der Waals surface area contributed by atoms with Crippen molar-refractivity contribution < 1.29 is 14.7 Å². The first kappa shape index (κ1) is 12.5. The van der Waals surface area contributed by atoms with Gasteiger partial charge in [0.05, 0.1) is 17.3 Å². The third-order valence-electron chi connectivity index (χ3n) is 2.89. The average Bonchev–Trinajstić information content (AvgIpc) is 2.38. The highest BCUT2D eigenvalue weighted by atomic mass is 16.4. The van der Waals surface area contributed by atoms with Crippen molar-refractivity contribution in [1.29, 1.82) is 0 Å². The zero-order chi connectivity index (χ0) is 13.0. The van der Waals surface area contributed by atoms with Crippen molar-refractivity contribution in [3.05, 3.63) is 29.6 Å². The van der Waals surface area contributed by atoms with Crippen LogP contribution in [0.3, 0.4) is 0 Å². The van der Waals surface area contributed by atoms with Crippen LogP contribution in [0.5, 0.6) is 0 Å². The summed E-state index contributed by atoms with van der Waals surface area (Å²) in [7, 11) is 0. The lowest BCUT2D eigenvalue weighted by atomic mass is 10.1. The van der Waals surface area contributed by atoms with Crippen molar-refractivity contribution in [2.75, 3.05) is 6.54 Å². The summed E-state index contributed by atoms with van der Waals surface area (Å²) >= 11 is 0. The molecule has 96 valence electrons. The van der Waals surface area contributed by atoms with Crippen molar-refractivity contribution in [2.45, 2.75) is 25.4 Å². The van der Waals surface area contributed by atoms with Gasteiger partial charge in [-0.15, -0.1) is 0 Å². The van der Waals surface area contributed by atoms with E-state index in [9.17, 15) is 9.59 Å². The summed E-state index contributed by atoms with van der Waals surface area (Å²) in [6.45, 7) is 1.19. The summed E-state index contributed by atoms with van der Waals surface area (Å²) in [6, 6.07) is 2.98. The molecule has 1 aromatic heterocycles. The summed E-state index contributed by atoms with van der Waals surface area (Å²) < 4.78 is 0. The molecule has 1 amide bonds. The summed E-state index contributed by atoms with van der Waals surface area (Å²) in [6.07, 6.45) is 3.11. The molecular weight excluding hydrogens is 234 g/mol. The molecule has 0 bridgehead atoms. The van der Waals surface area contributed by atoms with Crippen molar-refractivity contribution in [1.82, 2.24) is 15.6 Å². The highest BCUT2D eigenvalue weighted by Crippen LogP contribution is 2.05. The number of carbonyl (C=O) groups excluding carboxylic acids is 1. The lowest BCUT2D eigenvalue weighted by molar-refractivity contribution is -0.124. The van der Waals surface area contributed by atoms with Gasteiger partial charge in [0, 0.05) is 19.3 Å². The van der Waals surface area contributed by atoms with Crippen LogP contribution in [0.4, 0.5) is 0 Å². The topological polar surface area (TPSA) is 91.3 Å². The van der Waals surface area contributed by atoms with E-state index in [0.717, 1.165) is 25.1 Å². The molecule has 0 radical (unpaired) electrons. The van der Waals surface area contributed by atoms with Crippen molar-refractivity contribution in [3.8, 4) is 0 Å². The van der Waals surface area contributed by atoms with Crippen molar-refractivity contribution >= 4 is 11.9 Å². The van der Waals surface area contributed by atoms with Gasteiger partial charge in [-0.1, -0.05) is 0 Å². The number of nitrogens with zero attached hydrogens (tertiary/aromatic N) is 1. The Balaban J connectivity index is 1.89. The SMILES string of the molecule is O=C(O)c1ccc(CNC2CCCNC2=O)nc1. The molecule has 3 N–H and O–H groups in total. The van der Waals surface area contributed by atoms with Crippen LogP contribution in [0.15, 0.2) is 18.3 Å². The Kier molecular flexibility index (Phi) is 3.88. The van der Waals surface area contributed by atoms with Gasteiger partial charge in [0.25, 0.3) is 0 Å². The second-order valence-electron chi connectivity index (χ2n) is 4.21. The molecular formula is C12H15N3O3. The predicted octanol–water partition coefficient (Wildman–Crippen LogP) is 0.148. The minimum absolute atomic E-state index is 0.0170. The fourth-order valence-corrected chi connectivity index (χ4v) is 1.85. The molecule has 1 unspecified atom stereocenters. The van der Waals surface area contributed by atoms with Crippen LogP contribution in [-0.4, -0.2) is 34.6 Å². The zero-order valence-electron chi connectivity index (χ0n) is 9.85. The van der Waals surface area contributed by atoms with Crippen molar-refractivity contribution in [3.63, 3.8) is 0 Å². The molecule has 0 saturated carbocycles. The normalized spacial score (nSPS) is 19.3. The first-order valence-corrected chi connectivity index (χ1v) is 5.86. The Hall–Kier alpha value is -1.95. The average molecular weight is 249 g/mol. The van der Waals surface area contributed by atoms with E-state index < -0.39 is 5.97 Å². The summed E-state index contributed by atoms with van der Waals surface area (Å²) in [4.78, 5) is 26.2. The van der Waals surface area contributed by atoms with Crippen LogP contribution in [0.25, 0.3) is 0 Å². The fraction of sp³-hybridized carbons (Fsp3) is 0.417. The van der Waals surface area contributed by atoms with Gasteiger partial charge in [-0.25, -0.2) is 4.79 Å². The number of carboxylic acid groups (broad SMARTS) is 1. The molecule has 1 aliphatic heterocycles. The lowest BCUT2D eigenvalue weighted by Crippen LogP contribution is -2.47. The number of aromatic carboxylic acids is 1. The molecule has 18 heavy (non-hydrogen) atoms. The molecule has 0 spiro atoms. The largest absolute Gasteiger partial charge is 0.478 e. The summed E-state index contributed by atoms with van der Waals surface area (Å²) in [5.41, 5.74) is 0.882. The molecule has 0 aliphatic carbocycles. The van der Waals surface area contributed by atoms with Crippen LogP contribution < -0.4 is 10.6 Å². The number of carbonyl (C=O) groups is 2. The monoisotopic (exact) mass is 249 g/mol. The van der Waals surface area contributed by atoms with Gasteiger partial charge < -0.3 is 15.7 Å². The number of hydrogen-bond acceptors (Lipinski definition) is 4. The molecule has 1 atom stereocenters. The van der Waals surface area contributed by atoms with E-state index in [0.29, 0.717) is 6.54 Å². The Morgan fingerprint density at radius 3 is 3.00 bits per heavy atom. The second kappa shape index (κ2) is 5.59. The minimum atomic E-state index is -0.992. The van der Waals surface area contributed by atoms with Gasteiger partial charge in [0.2, 0.25) is 5.91 Å². The Bertz CT molecular complexity index is 444. The van der Waals surface area contributed by atoms with Gasteiger partial charge in [0.15, 0.2) is 0 Å². The maximum Gasteiger partial charge on any atom is 0.337 e. The smallest absolute Gasteiger partial charge is 0.337 e. The van der Waals surface area contributed by atoms with Crippen LogP contribution >= 0.6 is 0 Å². The summed E-state index contributed by atoms with van der Waals surface area (Å²) in [5.74, 6) is -0.975. The second-order valence-corrected chi connectivity index (χ2v) is 4.21. The van der Waals surface area contributed by atoms with E-state index in [1.165, 1.54) is 12.3 Å². The van der Waals surface area contributed by atoms with Crippen LogP contribution in [-0.2, 0) is 11.3 Å². The van der Waals surface area contributed by atoms with Gasteiger partial charge in [-0.05, 0) is 25.0 Å². The zero-order valence-corrected chi connectivity index (χ0v) is 9.85. The number of pyridine rings is 1. The van der Waals surface area contributed by atoms with Gasteiger partial charge in [-0.3, -0.25) is 9.78 Å². The number of piperidine rings is 1. The standard InChI is InChI=1S/C12H15N3O3/c16-11-10(2-1-5-13-11)15-7-9-4-3-8(6-14-9)12(17)18/h3-4,6,10,15H,1-2,5,7H2,(H,13,16)(H,17,18). The number of aromatic nitrogens is 1. The Labute approximate surface area is 104 Å². The lowest BCUT2D eigenvalue weighted by Gasteiger charge is -2.22. The van der Waals surface area contributed by atoms with E-state index in [1.807, 2.05) is 0 Å². The molecule has 1 aromatic rings. The Morgan fingerprint density at radius 1 is 1.56 bits per heavy atom. The number of carboxylic acids is 1. The van der Waals surface area contributed by atoms with E-state index in [-0.39, 0.29) is 17.5 Å². The van der Waals surface area contributed by atoms with Crippen LogP contribution in [0.2, 0.25) is 0 Å². The number of rotatable bonds is 4.